The second-order valence-corrected chi connectivity index (χ2v) is 4.07. The van der Waals surface area contributed by atoms with E-state index < -0.39 is 5.97 Å². The summed E-state index contributed by atoms with van der Waals surface area (Å²) in [6.07, 6.45) is 1.34. The van der Waals surface area contributed by atoms with Gasteiger partial charge in [0.1, 0.15) is 5.82 Å². The van der Waals surface area contributed by atoms with Crippen molar-refractivity contribution >= 4 is 17.9 Å². The SMILES string of the molecule is C=Cc1c(N)nc(-c2ccc(C)cc2)nc1C(=O)O.CC.CC. The van der Waals surface area contributed by atoms with E-state index >= 15 is 0 Å². The number of carboxylic acid groups (broad SMARTS) is 1. The molecule has 5 nitrogen and oxygen atoms in total. The maximum Gasteiger partial charge on any atom is 0.355 e. The number of nitrogen functional groups attached to an aromatic ring is 1. The molecule has 2 aromatic rings. The second kappa shape index (κ2) is 10.1. The Morgan fingerprint density at radius 2 is 1.65 bits per heavy atom. The van der Waals surface area contributed by atoms with Gasteiger partial charge in [0.2, 0.25) is 0 Å². The van der Waals surface area contributed by atoms with Gasteiger partial charge in [0.05, 0.1) is 0 Å². The summed E-state index contributed by atoms with van der Waals surface area (Å²) >= 11 is 0. The fourth-order valence-corrected chi connectivity index (χ4v) is 1.68. The van der Waals surface area contributed by atoms with Crippen molar-refractivity contribution in [2.24, 2.45) is 0 Å². The van der Waals surface area contributed by atoms with Crippen molar-refractivity contribution < 1.29 is 9.90 Å². The summed E-state index contributed by atoms with van der Waals surface area (Å²) < 4.78 is 0. The molecular formula is C18H25N3O2. The van der Waals surface area contributed by atoms with E-state index in [2.05, 4.69) is 16.5 Å². The van der Waals surface area contributed by atoms with Crippen LogP contribution < -0.4 is 5.73 Å². The molecule has 3 N–H and O–H groups in total. The lowest BCUT2D eigenvalue weighted by atomic mass is 10.1. The minimum atomic E-state index is -1.16. The summed E-state index contributed by atoms with van der Waals surface area (Å²) in [5.41, 5.74) is 7.66. The fraction of sp³-hybridized carbons (Fsp3) is 0.278. The number of nitrogens with zero attached hydrogens (tertiary/aromatic N) is 2. The van der Waals surface area contributed by atoms with Crippen LogP contribution >= 0.6 is 0 Å². The molecule has 2 rings (SSSR count). The van der Waals surface area contributed by atoms with Gasteiger partial charge in [-0.3, -0.25) is 0 Å². The van der Waals surface area contributed by atoms with Crippen molar-refractivity contribution in [3.8, 4) is 11.4 Å². The zero-order chi connectivity index (χ0) is 18.0. The predicted octanol–water partition coefficient (Wildman–Crippen LogP) is 4.43. The number of hydrogen-bond acceptors (Lipinski definition) is 4. The highest BCUT2D eigenvalue weighted by Gasteiger charge is 2.16. The van der Waals surface area contributed by atoms with Gasteiger partial charge in [-0.05, 0) is 6.92 Å². The predicted molar refractivity (Wildman–Crippen MR) is 96.4 cm³/mol. The van der Waals surface area contributed by atoms with Crippen LogP contribution in [0.15, 0.2) is 30.8 Å². The molecule has 0 spiro atoms. The third kappa shape index (κ3) is 5.21. The molecule has 0 amide bonds. The lowest BCUT2D eigenvalue weighted by molar-refractivity contribution is 0.0690. The van der Waals surface area contributed by atoms with E-state index in [9.17, 15) is 4.79 Å². The first kappa shape index (κ1) is 20.3. The number of anilines is 1. The first-order valence-corrected chi connectivity index (χ1v) is 7.63. The zero-order valence-corrected chi connectivity index (χ0v) is 14.4. The van der Waals surface area contributed by atoms with Gasteiger partial charge in [0.15, 0.2) is 11.5 Å². The average molecular weight is 315 g/mol. The molecule has 1 aromatic heterocycles. The lowest BCUT2D eigenvalue weighted by Gasteiger charge is -2.07. The highest BCUT2D eigenvalue weighted by atomic mass is 16.4. The molecule has 0 aliphatic rings. The highest BCUT2D eigenvalue weighted by Crippen LogP contribution is 2.22. The zero-order valence-electron chi connectivity index (χ0n) is 14.4. The van der Waals surface area contributed by atoms with Crippen molar-refractivity contribution in [2.45, 2.75) is 34.6 Å². The molecule has 0 fully saturated rings. The number of hydrogen-bond donors (Lipinski definition) is 2. The van der Waals surface area contributed by atoms with Gasteiger partial charge in [-0.15, -0.1) is 0 Å². The molecule has 0 bridgehead atoms. The maximum atomic E-state index is 11.2. The van der Waals surface area contributed by atoms with E-state index in [0.717, 1.165) is 11.1 Å². The van der Waals surface area contributed by atoms with Crippen LogP contribution in [0.3, 0.4) is 0 Å². The summed E-state index contributed by atoms with van der Waals surface area (Å²) in [6, 6.07) is 7.44. The van der Waals surface area contributed by atoms with E-state index in [1.807, 2.05) is 58.9 Å². The van der Waals surface area contributed by atoms with Gasteiger partial charge in [0, 0.05) is 11.1 Å². The first-order valence-electron chi connectivity index (χ1n) is 7.63. The van der Waals surface area contributed by atoms with Crippen molar-refractivity contribution in [1.82, 2.24) is 9.97 Å². The van der Waals surface area contributed by atoms with Gasteiger partial charge in [-0.25, -0.2) is 14.8 Å². The molecule has 0 unspecified atom stereocenters. The number of benzene rings is 1. The Labute approximate surface area is 137 Å². The van der Waals surface area contributed by atoms with Crippen molar-refractivity contribution in [2.75, 3.05) is 5.73 Å². The molecule has 0 aliphatic carbocycles. The van der Waals surface area contributed by atoms with Gasteiger partial charge >= 0.3 is 5.97 Å². The molecule has 1 heterocycles. The molecule has 0 saturated heterocycles. The number of aromatic nitrogens is 2. The van der Waals surface area contributed by atoms with Crippen LogP contribution in [0.5, 0.6) is 0 Å². The fourth-order valence-electron chi connectivity index (χ4n) is 1.68. The topological polar surface area (TPSA) is 89.1 Å². The Morgan fingerprint density at radius 1 is 1.13 bits per heavy atom. The molecule has 0 atom stereocenters. The first-order chi connectivity index (χ1) is 11.0. The second-order valence-electron chi connectivity index (χ2n) is 4.07. The Bertz CT molecular complexity index is 650. The van der Waals surface area contributed by atoms with Crippen molar-refractivity contribution in [3.05, 3.63) is 47.7 Å². The Kier molecular flexibility index (Phi) is 8.92. The minimum absolute atomic E-state index is 0.109. The van der Waals surface area contributed by atoms with E-state index in [1.54, 1.807) is 0 Å². The van der Waals surface area contributed by atoms with Crippen LogP contribution in [-0.4, -0.2) is 21.0 Å². The highest BCUT2D eigenvalue weighted by molar-refractivity contribution is 5.92. The van der Waals surface area contributed by atoms with Crippen LogP contribution in [0.25, 0.3) is 17.5 Å². The van der Waals surface area contributed by atoms with E-state index in [-0.39, 0.29) is 17.1 Å². The van der Waals surface area contributed by atoms with E-state index in [4.69, 9.17) is 10.8 Å². The Morgan fingerprint density at radius 3 is 2.09 bits per heavy atom. The monoisotopic (exact) mass is 315 g/mol. The van der Waals surface area contributed by atoms with E-state index in [1.165, 1.54) is 6.08 Å². The molecule has 0 radical (unpaired) electrons. The smallest absolute Gasteiger partial charge is 0.355 e. The van der Waals surface area contributed by atoms with Gasteiger partial charge in [-0.2, -0.15) is 0 Å². The van der Waals surface area contributed by atoms with Gasteiger partial charge in [0.25, 0.3) is 0 Å². The van der Waals surface area contributed by atoms with Crippen LogP contribution in [0, 0.1) is 6.92 Å². The number of rotatable bonds is 3. The minimum Gasteiger partial charge on any atom is -0.476 e. The normalized spacial score (nSPS) is 8.91. The summed E-state index contributed by atoms with van der Waals surface area (Å²) in [4.78, 5) is 19.3. The number of carbonyl (C=O) groups is 1. The third-order valence-electron chi connectivity index (χ3n) is 2.69. The van der Waals surface area contributed by atoms with Crippen LogP contribution in [0.1, 0.15) is 49.3 Å². The van der Waals surface area contributed by atoms with Crippen LogP contribution in [0.2, 0.25) is 0 Å². The third-order valence-corrected chi connectivity index (χ3v) is 2.69. The average Bonchev–Trinajstić information content (AvgIpc) is 2.58. The molecule has 1 aromatic carbocycles. The maximum absolute atomic E-state index is 11.2. The quantitative estimate of drug-likeness (QED) is 0.874. The molecular weight excluding hydrogens is 290 g/mol. The Hall–Kier alpha value is -2.69. The molecule has 23 heavy (non-hydrogen) atoms. The summed E-state index contributed by atoms with van der Waals surface area (Å²) in [5.74, 6) is -0.754. The summed E-state index contributed by atoms with van der Waals surface area (Å²) in [6.45, 7) is 13.5. The van der Waals surface area contributed by atoms with Crippen LogP contribution in [-0.2, 0) is 0 Å². The van der Waals surface area contributed by atoms with Crippen LogP contribution in [0.4, 0.5) is 5.82 Å². The standard InChI is InChI=1S/C14H13N3O2.2C2H6/c1-3-10-11(14(18)19)16-13(17-12(10)15)9-6-4-8(2)5-7-9;2*1-2/h3-7H,1H2,2H3,(H,18,19)(H2,15,16,17);2*1-2H3. The number of aryl methyl sites for hydroxylation is 1. The summed E-state index contributed by atoms with van der Waals surface area (Å²) in [5, 5.41) is 9.14. The molecule has 5 heteroatoms. The number of carboxylic acids is 1. The van der Waals surface area contributed by atoms with Crippen molar-refractivity contribution in [3.63, 3.8) is 0 Å². The van der Waals surface area contributed by atoms with Gasteiger partial charge in [-0.1, -0.05) is 70.2 Å². The lowest BCUT2D eigenvalue weighted by Crippen LogP contribution is -2.09. The molecule has 0 saturated carbocycles. The number of aromatic carboxylic acids is 1. The van der Waals surface area contributed by atoms with E-state index in [0.29, 0.717) is 5.82 Å². The number of nitrogens with two attached hydrogens (primary N) is 1. The largest absolute Gasteiger partial charge is 0.476 e. The molecule has 0 aliphatic heterocycles. The van der Waals surface area contributed by atoms with Gasteiger partial charge < -0.3 is 10.8 Å². The Balaban J connectivity index is 0.00000112. The summed E-state index contributed by atoms with van der Waals surface area (Å²) in [7, 11) is 0. The van der Waals surface area contributed by atoms with Crippen molar-refractivity contribution in [1.29, 1.82) is 0 Å². The molecule has 124 valence electrons.